The molecule has 0 N–H and O–H groups in total. The van der Waals surface area contributed by atoms with Gasteiger partial charge >= 0.3 is 0 Å². The van der Waals surface area contributed by atoms with Crippen LogP contribution < -0.4 is 0 Å². The molecule has 3 nitrogen and oxygen atoms in total. The van der Waals surface area contributed by atoms with Crippen LogP contribution in [0.1, 0.15) is 35.2 Å². The Morgan fingerprint density at radius 1 is 1.35 bits per heavy atom. The van der Waals surface area contributed by atoms with Crippen molar-refractivity contribution in [1.82, 2.24) is 0 Å². The molecule has 0 aromatic heterocycles. The molecule has 1 aromatic rings. The SMILES string of the molecule is Cc1cc(F)cc(C(=O)C2CCOC3(CCOC3)C2)c1. The molecule has 2 fully saturated rings. The lowest BCUT2D eigenvalue weighted by Gasteiger charge is -2.36. The quantitative estimate of drug-likeness (QED) is 0.780. The van der Waals surface area contributed by atoms with Crippen molar-refractivity contribution in [2.45, 2.75) is 31.8 Å². The Morgan fingerprint density at radius 2 is 2.20 bits per heavy atom. The summed E-state index contributed by atoms with van der Waals surface area (Å²) in [4.78, 5) is 12.6. The van der Waals surface area contributed by atoms with Gasteiger partial charge in [-0.15, -0.1) is 0 Å². The number of aryl methyl sites for hydroxylation is 1. The van der Waals surface area contributed by atoms with Crippen molar-refractivity contribution in [2.75, 3.05) is 19.8 Å². The third-order valence-electron chi connectivity index (χ3n) is 4.26. The largest absolute Gasteiger partial charge is 0.378 e. The first-order chi connectivity index (χ1) is 9.58. The third kappa shape index (κ3) is 2.63. The van der Waals surface area contributed by atoms with Gasteiger partial charge in [-0.1, -0.05) is 0 Å². The van der Waals surface area contributed by atoms with Gasteiger partial charge in [-0.25, -0.2) is 4.39 Å². The van der Waals surface area contributed by atoms with E-state index in [4.69, 9.17) is 9.47 Å². The van der Waals surface area contributed by atoms with Crippen LogP contribution in [0.5, 0.6) is 0 Å². The highest BCUT2D eigenvalue weighted by atomic mass is 19.1. The maximum absolute atomic E-state index is 13.5. The van der Waals surface area contributed by atoms with E-state index in [1.54, 1.807) is 13.0 Å². The Hall–Kier alpha value is -1.26. The summed E-state index contributed by atoms with van der Waals surface area (Å²) in [6.07, 6.45) is 2.23. The fourth-order valence-corrected chi connectivity index (χ4v) is 3.23. The second kappa shape index (κ2) is 5.26. The predicted octanol–water partition coefficient (Wildman–Crippen LogP) is 2.90. The zero-order chi connectivity index (χ0) is 14.2. The van der Waals surface area contributed by atoms with Gasteiger partial charge in [0.1, 0.15) is 5.82 Å². The normalized spacial score (nSPS) is 29.8. The van der Waals surface area contributed by atoms with Gasteiger partial charge in [-0.05, 0) is 43.5 Å². The number of hydrogen-bond acceptors (Lipinski definition) is 3. The average Bonchev–Trinajstić information content (AvgIpc) is 2.85. The van der Waals surface area contributed by atoms with E-state index in [0.29, 0.717) is 38.2 Å². The van der Waals surface area contributed by atoms with E-state index in [9.17, 15) is 9.18 Å². The molecule has 2 saturated heterocycles. The van der Waals surface area contributed by atoms with Crippen LogP contribution in [-0.4, -0.2) is 31.2 Å². The lowest BCUT2D eigenvalue weighted by molar-refractivity contribution is -0.0920. The summed E-state index contributed by atoms with van der Waals surface area (Å²) >= 11 is 0. The number of carbonyl (C=O) groups excluding carboxylic acids is 1. The van der Waals surface area contributed by atoms with Crippen molar-refractivity contribution in [3.63, 3.8) is 0 Å². The summed E-state index contributed by atoms with van der Waals surface area (Å²) in [7, 11) is 0. The smallest absolute Gasteiger partial charge is 0.166 e. The molecule has 2 unspecified atom stereocenters. The minimum atomic E-state index is -0.348. The number of Topliss-reactive ketones (excluding diaryl/α,β-unsaturated/α-hetero) is 1. The van der Waals surface area contributed by atoms with E-state index in [1.807, 2.05) is 0 Å². The maximum Gasteiger partial charge on any atom is 0.166 e. The zero-order valence-electron chi connectivity index (χ0n) is 11.7. The van der Waals surface area contributed by atoms with Gasteiger partial charge in [-0.3, -0.25) is 4.79 Å². The minimum absolute atomic E-state index is 0.0298. The van der Waals surface area contributed by atoms with Crippen LogP contribution in [0.3, 0.4) is 0 Å². The van der Waals surface area contributed by atoms with Crippen molar-refractivity contribution < 1.29 is 18.7 Å². The lowest BCUT2D eigenvalue weighted by Crippen LogP contribution is -2.42. The number of ether oxygens (including phenoxy) is 2. The molecular formula is C16H19FO3. The highest BCUT2D eigenvalue weighted by Gasteiger charge is 2.43. The summed E-state index contributed by atoms with van der Waals surface area (Å²) in [6, 6.07) is 4.54. The summed E-state index contributed by atoms with van der Waals surface area (Å²) in [6.45, 7) is 3.64. The van der Waals surface area contributed by atoms with Crippen molar-refractivity contribution in [3.8, 4) is 0 Å². The second-order valence-electron chi connectivity index (χ2n) is 5.91. The van der Waals surface area contributed by atoms with Crippen molar-refractivity contribution in [2.24, 2.45) is 5.92 Å². The number of rotatable bonds is 2. The standard InChI is InChI=1S/C16H19FO3/c1-11-6-13(8-14(17)7-11)15(18)12-2-4-20-16(9-12)3-5-19-10-16/h6-8,12H,2-5,9-10H2,1H3. The van der Waals surface area contributed by atoms with Crippen molar-refractivity contribution >= 4 is 5.78 Å². The first-order valence-corrected chi connectivity index (χ1v) is 7.11. The van der Waals surface area contributed by atoms with Gasteiger partial charge < -0.3 is 9.47 Å². The van der Waals surface area contributed by atoms with Crippen molar-refractivity contribution in [3.05, 3.63) is 35.1 Å². The molecule has 0 bridgehead atoms. The van der Waals surface area contributed by atoms with Gasteiger partial charge in [0.15, 0.2) is 5.78 Å². The van der Waals surface area contributed by atoms with Crippen LogP contribution in [0.15, 0.2) is 18.2 Å². The lowest BCUT2D eigenvalue weighted by atomic mass is 9.81. The predicted molar refractivity (Wildman–Crippen MR) is 72.3 cm³/mol. The maximum atomic E-state index is 13.5. The van der Waals surface area contributed by atoms with Crippen molar-refractivity contribution in [1.29, 1.82) is 0 Å². The second-order valence-corrected chi connectivity index (χ2v) is 5.91. The summed E-state index contributed by atoms with van der Waals surface area (Å²) < 4.78 is 24.7. The Labute approximate surface area is 118 Å². The molecule has 0 aliphatic carbocycles. The van der Waals surface area contributed by atoms with E-state index in [-0.39, 0.29) is 23.1 Å². The van der Waals surface area contributed by atoms with Crippen LogP contribution in [0.25, 0.3) is 0 Å². The molecule has 3 rings (SSSR count). The highest BCUT2D eigenvalue weighted by Crippen LogP contribution is 2.37. The molecule has 20 heavy (non-hydrogen) atoms. The molecule has 4 heteroatoms. The molecular weight excluding hydrogens is 259 g/mol. The van der Waals surface area contributed by atoms with E-state index in [2.05, 4.69) is 0 Å². The molecule has 2 heterocycles. The molecule has 2 aliphatic rings. The Bertz CT molecular complexity index is 500. The average molecular weight is 278 g/mol. The molecule has 0 amide bonds. The van der Waals surface area contributed by atoms with E-state index < -0.39 is 0 Å². The monoisotopic (exact) mass is 278 g/mol. The number of halogens is 1. The van der Waals surface area contributed by atoms with Gasteiger partial charge in [0.2, 0.25) is 0 Å². The fourth-order valence-electron chi connectivity index (χ4n) is 3.23. The van der Waals surface area contributed by atoms with Gasteiger partial charge in [0.25, 0.3) is 0 Å². The van der Waals surface area contributed by atoms with Gasteiger partial charge in [-0.2, -0.15) is 0 Å². The fraction of sp³-hybridized carbons (Fsp3) is 0.562. The van der Waals surface area contributed by atoms with Crippen LogP contribution in [0, 0.1) is 18.7 Å². The van der Waals surface area contributed by atoms with Crippen LogP contribution in [0.2, 0.25) is 0 Å². The number of hydrogen-bond donors (Lipinski definition) is 0. The molecule has 2 atom stereocenters. The summed E-state index contributed by atoms with van der Waals surface area (Å²) in [5, 5.41) is 0. The van der Waals surface area contributed by atoms with Crippen LogP contribution in [-0.2, 0) is 9.47 Å². The van der Waals surface area contributed by atoms with Crippen LogP contribution >= 0.6 is 0 Å². The number of ketones is 1. The number of benzene rings is 1. The van der Waals surface area contributed by atoms with Crippen LogP contribution in [0.4, 0.5) is 4.39 Å². The third-order valence-corrected chi connectivity index (χ3v) is 4.26. The van der Waals surface area contributed by atoms with E-state index in [0.717, 1.165) is 12.0 Å². The molecule has 108 valence electrons. The minimum Gasteiger partial charge on any atom is -0.378 e. The van der Waals surface area contributed by atoms with Gasteiger partial charge in [0, 0.05) is 31.1 Å². The Kier molecular flexibility index (Phi) is 3.61. The first kappa shape index (κ1) is 13.7. The summed E-state index contributed by atoms with van der Waals surface area (Å²) in [5.41, 5.74) is 0.962. The van der Waals surface area contributed by atoms with Gasteiger partial charge in [0.05, 0.1) is 12.2 Å². The molecule has 1 spiro atoms. The first-order valence-electron chi connectivity index (χ1n) is 7.11. The molecule has 2 aliphatic heterocycles. The highest BCUT2D eigenvalue weighted by molar-refractivity contribution is 5.98. The number of carbonyl (C=O) groups is 1. The topological polar surface area (TPSA) is 35.5 Å². The Morgan fingerprint density at radius 3 is 2.90 bits per heavy atom. The molecule has 1 aromatic carbocycles. The Balaban J connectivity index is 1.79. The molecule has 0 saturated carbocycles. The van der Waals surface area contributed by atoms with E-state index >= 15 is 0 Å². The summed E-state index contributed by atoms with van der Waals surface area (Å²) in [5.74, 6) is -0.409. The van der Waals surface area contributed by atoms with E-state index in [1.165, 1.54) is 12.1 Å². The molecule has 0 radical (unpaired) electrons. The zero-order valence-corrected chi connectivity index (χ0v) is 11.7.